The van der Waals surface area contributed by atoms with Crippen LogP contribution in [0.5, 0.6) is 5.75 Å². The van der Waals surface area contributed by atoms with Crippen LogP contribution in [0, 0.1) is 5.92 Å². The third-order valence-corrected chi connectivity index (χ3v) is 4.86. The Morgan fingerprint density at radius 2 is 2.25 bits per heavy atom. The van der Waals surface area contributed by atoms with Crippen molar-refractivity contribution in [2.24, 2.45) is 5.92 Å². The maximum Gasteiger partial charge on any atom is 0.310 e. The molecule has 1 heterocycles. The van der Waals surface area contributed by atoms with E-state index in [1.54, 1.807) is 7.11 Å². The predicted molar refractivity (Wildman–Crippen MR) is 76.0 cm³/mol. The maximum atomic E-state index is 12.1. The van der Waals surface area contributed by atoms with Crippen LogP contribution in [0.15, 0.2) is 18.2 Å². The number of hydrogen-bond donors (Lipinski definition) is 1. The van der Waals surface area contributed by atoms with Crippen molar-refractivity contribution in [3.05, 3.63) is 29.3 Å². The number of esters is 1. The van der Waals surface area contributed by atoms with Crippen LogP contribution in [0.2, 0.25) is 0 Å². The molecule has 1 aromatic rings. The number of benzene rings is 1. The topological polar surface area (TPSA) is 47.6 Å². The highest BCUT2D eigenvalue weighted by atomic mass is 16.5. The molecule has 0 bridgehead atoms. The van der Waals surface area contributed by atoms with Gasteiger partial charge in [-0.05, 0) is 42.5 Å². The summed E-state index contributed by atoms with van der Waals surface area (Å²) < 4.78 is 10.3. The summed E-state index contributed by atoms with van der Waals surface area (Å²) in [5.74, 6) is 0.708. The first kappa shape index (κ1) is 13.4. The first-order valence-electron chi connectivity index (χ1n) is 7.17. The van der Waals surface area contributed by atoms with Crippen LogP contribution in [-0.2, 0) is 21.4 Å². The van der Waals surface area contributed by atoms with E-state index >= 15 is 0 Å². The summed E-state index contributed by atoms with van der Waals surface area (Å²) >= 11 is 0. The molecule has 0 amide bonds. The third-order valence-electron chi connectivity index (χ3n) is 4.86. The van der Waals surface area contributed by atoms with Crippen molar-refractivity contribution in [1.29, 1.82) is 0 Å². The number of rotatable bonds is 2. The highest BCUT2D eigenvalue weighted by Crippen LogP contribution is 2.46. The zero-order valence-electron chi connectivity index (χ0n) is 12.1. The summed E-state index contributed by atoms with van der Waals surface area (Å²) in [5.41, 5.74) is 2.51. The Morgan fingerprint density at radius 1 is 1.40 bits per heavy atom. The van der Waals surface area contributed by atoms with E-state index < -0.39 is 0 Å². The number of fused-ring (bicyclic) bond motifs is 2. The maximum absolute atomic E-state index is 12.1. The van der Waals surface area contributed by atoms with E-state index in [0.29, 0.717) is 6.54 Å². The molecule has 1 N–H and O–H groups in total. The van der Waals surface area contributed by atoms with Crippen LogP contribution in [-0.4, -0.2) is 33.3 Å². The lowest BCUT2D eigenvalue weighted by Crippen LogP contribution is -2.42. The number of nitrogens with one attached hydrogen (secondary N) is 1. The SMILES string of the molecule is COC(=O)C1CNCC12CCCc1cc(OC)ccc12. The van der Waals surface area contributed by atoms with Crippen LogP contribution in [0.4, 0.5) is 0 Å². The molecule has 1 saturated heterocycles. The van der Waals surface area contributed by atoms with Crippen LogP contribution < -0.4 is 10.1 Å². The first-order chi connectivity index (χ1) is 9.71. The highest BCUT2D eigenvalue weighted by molar-refractivity contribution is 5.76. The average Bonchev–Trinajstić information content (AvgIpc) is 2.90. The Kier molecular flexibility index (Phi) is 3.42. The van der Waals surface area contributed by atoms with Crippen LogP contribution in [0.3, 0.4) is 0 Å². The molecule has 1 aliphatic carbocycles. The molecule has 0 radical (unpaired) electrons. The fourth-order valence-electron chi connectivity index (χ4n) is 3.87. The lowest BCUT2D eigenvalue weighted by atomic mass is 9.64. The van der Waals surface area contributed by atoms with Crippen molar-refractivity contribution in [2.45, 2.75) is 24.7 Å². The highest BCUT2D eigenvalue weighted by Gasteiger charge is 2.50. The van der Waals surface area contributed by atoms with Crippen LogP contribution >= 0.6 is 0 Å². The molecule has 2 unspecified atom stereocenters. The smallest absolute Gasteiger partial charge is 0.310 e. The number of hydrogen-bond acceptors (Lipinski definition) is 4. The van der Waals surface area contributed by atoms with Gasteiger partial charge in [0.25, 0.3) is 0 Å². The van der Waals surface area contributed by atoms with E-state index in [4.69, 9.17) is 9.47 Å². The van der Waals surface area contributed by atoms with Gasteiger partial charge in [0.2, 0.25) is 0 Å². The second-order valence-corrected chi connectivity index (χ2v) is 5.74. The second-order valence-electron chi connectivity index (χ2n) is 5.74. The van der Waals surface area contributed by atoms with Gasteiger partial charge in [-0.25, -0.2) is 0 Å². The van der Waals surface area contributed by atoms with Crippen molar-refractivity contribution in [2.75, 3.05) is 27.3 Å². The van der Waals surface area contributed by atoms with E-state index in [9.17, 15) is 4.79 Å². The molecular formula is C16H21NO3. The van der Waals surface area contributed by atoms with E-state index in [2.05, 4.69) is 17.4 Å². The van der Waals surface area contributed by atoms with Gasteiger partial charge >= 0.3 is 5.97 Å². The summed E-state index contributed by atoms with van der Waals surface area (Å²) in [6.07, 6.45) is 3.20. The minimum atomic E-state index is -0.104. The first-order valence-corrected chi connectivity index (χ1v) is 7.17. The molecule has 3 rings (SSSR count). The molecule has 108 valence electrons. The van der Waals surface area contributed by atoms with Gasteiger partial charge in [0.15, 0.2) is 0 Å². The Morgan fingerprint density at radius 3 is 3.00 bits per heavy atom. The van der Waals surface area contributed by atoms with Crippen molar-refractivity contribution in [1.82, 2.24) is 5.32 Å². The molecule has 1 spiro atoms. The van der Waals surface area contributed by atoms with Crippen LogP contribution in [0.25, 0.3) is 0 Å². The number of methoxy groups -OCH3 is 2. The minimum absolute atomic E-state index is 0.0834. The molecule has 0 saturated carbocycles. The number of carbonyl (C=O) groups excluding carboxylic acids is 1. The molecule has 20 heavy (non-hydrogen) atoms. The molecule has 0 aromatic heterocycles. The number of ether oxygens (including phenoxy) is 2. The van der Waals surface area contributed by atoms with Gasteiger partial charge < -0.3 is 14.8 Å². The molecule has 1 aromatic carbocycles. The van der Waals surface area contributed by atoms with Crippen molar-refractivity contribution in [3.63, 3.8) is 0 Å². The largest absolute Gasteiger partial charge is 0.497 e. The second kappa shape index (κ2) is 5.09. The lowest BCUT2D eigenvalue weighted by Gasteiger charge is -2.39. The van der Waals surface area contributed by atoms with Crippen LogP contribution in [0.1, 0.15) is 24.0 Å². The normalized spacial score (nSPS) is 28.2. The molecule has 4 heteroatoms. The standard InChI is InChI=1S/C16H21NO3/c1-19-12-5-6-13-11(8-12)4-3-7-16(13)10-17-9-14(16)15(18)20-2/h5-6,8,14,17H,3-4,7,9-10H2,1-2H3. The average molecular weight is 275 g/mol. The summed E-state index contributed by atoms with van der Waals surface area (Å²) in [6, 6.07) is 6.25. The van der Waals surface area contributed by atoms with Gasteiger partial charge in [-0.2, -0.15) is 0 Å². The quantitative estimate of drug-likeness (QED) is 0.834. The van der Waals surface area contributed by atoms with E-state index in [0.717, 1.165) is 31.6 Å². The zero-order chi connectivity index (χ0) is 14.2. The van der Waals surface area contributed by atoms with Gasteiger partial charge in [-0.15, -0.1) is 0 Å². The van der Waals surface area contributed by atoms with E-state index in [-0.39, 0.29) is 17.3 Å². The van der Waals surface area contributed by atoms with Gasteiger partial charge in [0, 0.05) is 18.5 Å². The Labute approximate surface area is 119 Å². The van der Waals surface area contributed by atoms with Crippen molar-refractivity contribution >= 4 is 5.97 Å². The number of aryl methyl sites for hydroxylation is 1. The molecule has 1 aliphatic heterocycles. The third kappa shape index (κ3) is 1.90. The summed E-state index contributed by atoms with van der Waals surface area (Å²) in [7, 11) is 3.17. The Hall–Kier alpha value is -1.55. The molecule has 4 nitrogen and oxygen atoms in total. The van der Waals surface area contributed by atoms with E-state index in [1.807, 2.05) is 6.07 Å². The molecule has 1 fully saturated rings. The van der Waals surface area contributed by atoms with Crippen molar-refractivity contribution in [3.8, 4) is 5.75 Å². The van der Waals surface area contributed by atoms with Gasteiger partial charge in [0.05, 0.1) is 20.1 Å². The van der Waals surface area contributed by atoms with Gasteiger partial charge in [-0.1, -0.05) is 6.07 Å². The lowest BCUT2D eigenvalue weighted by molar-refractivity contribution is -0.146. The summed E-state index contributed by atoms with van der Waals surface area (Å²) in [4.78, 5) is 12.1. The molecular weight excluding hydrogens is 254 g/mol. The molecule has 2 aliphatic rings. The monoisotopic (exact) mass is 275 g/mol. The summed E-state index contributed by atoms with van der Waals surface area (Å²) in [6.45, 7) is 1.56. The fourth-order valence-corrected chi connectivity index (χ4v) is 3.87. The zero-order valence-corrected chi connectivity index (χ0v) is 12.1. The van der Waals surface area contributed by atoms with Gasteiger partial charge in [0.1, 0.15) is 5.75 Å². The summed E-state index contributed by atoms with van der Waals surface area (Å²) in [5, 5.41) is 3.39. The fraction of sp³-hybridized carbons (Fsp3) is 0.562. The van der Waals surface area contributed by atoms with E-state index in [1.165, 1.54) is 18.2 Å². The van der Waals surface area contributed by atoms with Crippen molar-refractivity contribution < 1.29 is 14.3 Å². The molecule has 2 atom stereocenters. The Bertz CT molecular complexity index is 528. The Balaban J connectivity index is 2.06. The number of carbonyl (C=O) groups is 1. The predicted octanol–water partition coefficient (Wildman–Crippen LogP) is 1.66. The minimum Gasteiger partial charge on any atom is -0.497 e. The van der Waals surface area contributed by atoms with Gasteiger partial charge in [-0.3, -0.25) is 4.79 Å².